The van der Waals surface area contributed by atoms with Gasteiger partial charge in [0.1, 0.15) is 0 Å². The van der Waals surface area contributed by atoms with E-state index in [0.717, 1.165) is 50.6 Å². The van der Waals surface area contributed by atoms with Gasteiger partial charge in [-0.15, -0.1) is 0 Å². The Labute approximate surface area is 131 Å². The Morgan fingerprint density at radius 1 is 1.32 bits per heavy atom. The van der Waals surface area contributed by atoms with Gasteiger partial charge in [-0.2, -0.15) is 5.10 Å². The molecule has 0 aromatic carbocycles. The molecule has 3 heterocycles. The quantitative estimate of drug-likeness (QED) is 0.845. The van der Waals surface area contributed by atoms with Crippen LogP contribution in [-0.2, 0) is 17.7 Å². The largest absolute Gasteiger partial charge is 0.374 e. The molecule has 0 spiro atoms. The molecule has 118 valence electrons. The van der Waals surface area contributed by atoms with Gasteiger partial charge < -0.3 is 4.74 Å². The summed E-state index contributed by atoms with van der Waals surface area (Å²) in [5, 5.41) is 4.53. The summed E-state index contributed by atoms with van der Waals surface area (Å²) in [6, 6.07) is 8.21. The van der Waals surface area contributed by atoms with Crippen molar-refractivity contribution in [3.63, 3.8) is 0 Å². The van der Waals surface area contributed by atoms with Crippen LogP contribution in [0.2, 0.25) is 0 Å². The molecule has 0 radical (unpaired) electrons. The molecule has 2 aromatic rings. The van der Waals surface area contributed by atoms with E-state index in [4.69, 9.17) is 4.74 Å². The van der Waals surface area contributed by atoms with Gasteiger partial charge in [-0.1, -0.05) is 6.07 Å². The number of aryl methyl sites for hydroxylation is 2. The molecule has 5 nitrogen and oxygen atoms in total. The van der Waals surface area contributed by atoms with Crippen LogP contribution in [0.4, 0.5) is 0 Å². The minimum Gasteiger partial charge on any atom is -0.374 e. The third-order valence-electron chi connectivity index (χ3n) is 4.11. The van der Waals surface area contributed by atoms with Crippen LogP contribution in [-0.4, -0.2) is 52.0 Å². The molecule has 0 aliphatic carbocycles. The summed E-state index contributed by atoms with van der Waals surface area (Å²) in [5.74, 6) is 0. The van der Waals surface area contributed by atoms with Crippen molar-refractivity contribution in [2.24, 2.45) is 0 Å². The zero-order chi connectivity index (χ0) is 15.4. The molecule has 0 amide bonds. The number of hydrogen-bond acceptors (Lipinski definition) is 4. The SMILES string of the molecule is Cc1cc(C)n(CC2CN(CCc3ccccn3)CCO2)n1. The third-order valence-corrected chi connectivity index (χ3v) is 4.11. The molecule has 0 N–H and O–H groups in total. The van der Waals surface area contributed by atoms with Crippen molar-refractivity contribution in [2.45, 2.75) is 32.9 Å². The molecule has 3 rings (SSSR count). The molecular weight excluding hydrogens is 276 g/mol. The Balaban J connectivity index is 1.52. The average molecular weight is 300 g/mol. The Hall–Kier alpha value is -1.72. The van der Waals surface area contributed by atoms with E-state index < -0.39 is 0 Å². The van der Waals surface area contributed by atoms with E-state index in [2.05, 4.69) is 38.7 Å². The van der Waals surface area contributed by atoms with Crippen LogP contribution < -0.4 is 0 Å². The maximum absolute atomic E-state index is 5.91. The normalized spacial score (nSPS) is 19.5. The number of aromatic nitrogens is 3. The second-order valence-electron chi connectivity index (χ2n) is 5.97. The Morgan fingerprint density at radius 3 is 2.95 bits per heavy atom. The first-order valence-electron chi connectivity index (χ1n) is 7.95. The molecule has 1 atom stereocenters. The van der Waals surface area contributed by atoms with Crippen LogP contribution in [0.1, 0.15) is 17.1 Å². The molecule has 1 aliphatic heterocycles. The van der Waals surface area contributed by atoms with Gasteiger partial charge in [0.2, 0.25) is 0 Å². The van der Waals surface area contributed by atoms with E-state index in [0.29, 0.717) is 0 Å². The zero-order valence-electron chi connectivity index (χ0n) is 13.4. The lowest BCUT2D eigenvalue weighted by atomic mass is 10.2. The summed E-state index contributed by atoms with van der Waals surface area (Å²) in [4.78, 5) is 6.86. The van der Waals surface area contributed by atoms with Crippen molar-refractivity contribution in [3.05, 3.63) is 47.5 Å². The molecule has 1 unspecified atom stereocenters. The van der Waals surface area contributed by atoms with Gasteiger partial charge in [0.25, 0.3) is 0 Å². The fourth-order valence-electron chi connectivity index (χ4n) is 2.97. The summed E-state index contributed by atoms with van der Waals surface area (Å²) in [5.41, 5.74) is 3.43. The van der Waals surface area contributed by atoms with Gasteiger partial charge in [0, 0.05) is 43.6 Å². The van der Waals surface area contributed by atoms with Crippen molar-refractivity contribution in [1.82, 2.24) is 19.7 Å². The van der Waals surface area contributed by atoms with Crippen LogP contribution in [0.3, 0.4) is 0 Å². The monoisotopic (exact) mass is 300 g/mol. The van der Waals surface area contributed by atoms with Gasteiger partial charge >= 0.3 is 0 Å². The minimum atomic E-state index is 0.218. The smallest absolute Gasteiger partial charge is 0.0898 e. The number of nitrogens with zero attached hydrogens (tertiary/aromatic N) is 4. The molecule has 1 fully saturated rings. The first kappa shape index (κ1) is 15.2. The van der Waals surface area contributed by atoms with E-state index in [1.807, 2.05) is 25.3 Å². The lowest BCUT2D eigenvalue weighted by molar-refractivity contribution is -0.0374. The van der Waals surface area contributed by atoms with Gasteiger partial charge in [0.05, 0.1) is 24.9 Å². The number of morpholine rings is 1. The highest BCUT2D eigenvalue weighted by molar-refractivity contribution is 5.07. The van der Waals surface area contributed by atoms with E-state index in [1.54, 1.807) is 0 Å². The highest BCUT2D eigenvalue weighted by Crippen LogP contribution is 2.11. The van der Waals surface area contributed by atoms with Crippen LogP contribution >= 0.6 is 0 Å². The van der Waals surface area contributed by atoms with E-state index in [-0.39, 0.29) is 6.10 Å². The molecule has 22 heavy (non-hydrogen) atoms. The Morgan fingerprint density at radius 2 is 2.23 bits per heavy atom. The van der Waals surface area contributed by atoms with Gasteiger partial charge in [0.15, 0.2) is 0 Å². The predicted octanol–water partition coefficient (Wildman–Crippen LogP) is 1.84. The van der Waals surface area contributed by atoms with E-state index >= 15 is 0 Å². The molecule has 2 aromatic heterocycles. The molecule has 0 bridgehead atoms. The summed E-state index contributed by atoms with van der Waals surface area (Å²) < 4.78 is 7.97. The van der Waals surface area contributed by atoms with Crippen molar-refractivity contribution in [1.29, 1.82) is 0 Å². The Kier molecular flexibility index (Phi) is 4.85. The number of hydrogen-bond donors (Lipinski definition) is 0. The van der Waals surface area contributed by atoms with Crippen LogP contribution in [0.15, 0.2) is 30.5 Å². The molecular formula is C17H24N4O. The van der Waals surface area contributed by atoms with Crippen molar-refractivity contribution < 1.29 is 4.74 Å². The number of pyridine rings is 1. The molecule has 1 aliphatic rings. The lowest BCUT2D eigenvalue weighted by Gasteiger charge is -2.33. The summed E-state index contributed by atoms with van der Waals surface area (Å²) in [6.07, 6.45) is 3.07. The first-order valence-corrected chi connectivity index (χ1v) is 7.95. The van der Waals surface area contributed by atoms with Crippen LogP contribution in [0, 0.1) is 13.8 Å². The second kappa shape index (κ2) is 7.03. The fourth-order valence-corrected chi connectivity index (χ4v) is 2.97. The zero-order valence-corrected chi connectivity index (χ0v) is 13.4. The second-order valence-corrected chi connectivity index (χ2v) is 5.97. The average Bonchev–Trinajstić information content (AvgIpc) is 2.84. The Bertz CT molecular complexity index is 596. The van der Waals surface area contributed by atoms with E-state index in [9.17, 15) is 0 Å². The van der Waals surface area contributed by atoms with E-state index in [1.165, 1.54) is 5.69 Å². The molecule has 0 saturated carbocycles. The minimum absolute atomic E-state index is 0.218. The lowest BCUT2D eigenvalue weighted by Crippen LogP contribution is -2.45. The van der Waals surface area contributed by atoms with Crippen molar-refractivity contribution in [3.8, 4) is 0 Å². The van der Waals surface area contributed by atoms with Gasteiger partial charge in [-0.25, -0.2) is 0 Å². The maximum atomic E-state index is 5.91. The predicted molar refractivity (Wildman–Crippen MR) is 85.8 cm³/mol. The fraction of sp³-hybridized carbons (Fsp3) is 0.529. The van der Waals surface area contributed by atoms with Crippen LogP contribution in [0.5, 0.6) is 0 Å². The van der Waals surface area contributed by atoms with Crippen molar-refractivity contribution >= 4 is 0 Å². The van der Waals surface area contributed by atoms with Crippen molar-refractivity contribution in [2.75, 3.05) is 26.2 Å². The topological polar surface area (TPSA) is 43.2 Å². The number of rotatable bonds is 5. The summed E-state index contributed by atoms with van der Waals surface area (Å²) in [6.45, 7) is 8.76. The maximum Gasteiger partial charge on any atom is 0.0898 e. The molecule has 5 heteroatoms. The number of ether oxygens (including phenoxy) is 1. The van der Waals surface area contributed by atoms with Crippen LogP contribution in [0.25, 0.3) is 0 Å². The van der Waals surface area contributed by atoms with Gasteiger partial charge in [-0.05, 0) is 32.0 Å². The highest BCUT2D eigenvalue weighted by Gasteiger charge is 2.21. The third kappa shape index (κ3) is 3.93. The molecule has 1 saturated heterocycles. The standard InChI is InChI=1S/C17H24N4O/c1-14-11-15(2)21(19-14)13-17-12-20(9-10-22-17)8-6-16-5-3-4-7-18-16/h3-5,7,11,17H,6,8-10,12-13H2,1-2H3. The van der Waals surface area contributed by atoms with Gasteiger partial charge in [-0.3, -0.25) is 14.6 Å². The summed E-state index contributed by atoms with van der Waals surface area (Å²) in [7, 11) is 0. The first-order chi connectivity index (χ1) is 10.7. The summed E-state index contributed by atoms with van der Waals surface area (Å²) >= 11 is 0. The highest BCUT2D eigenvalue weighted by atomic mass is 16.5.